The van der Waals surface area contributed by atoms with Gasteiger partial charge in [0.15, 0.2) is 0 Å². The van der Waals surface area contributed by atoms with E-state index in [0.29, 0.717) is 17.3 Å². The van der Waals surface area contributed by atoms with E-state index in [9.17, 15) is 0 Å². The van der Waals surface area contributed by atoms with Crippen LogP contribution in [0.4, 0.5) is 5.69 Å². The molecule has 0 saturated heterocycles. The molecule has 17 heavy (non-hydrogen) atoms. The number of nitrogens with two attached hydrogens (primary N) is 2. The van der Waals surface area contributed by atoms with Gasteiger partial charge in [-0.15, -0.1) is 0 Å². The van der Waals surface area contributed by atoms with Crippen molar-refractivity contribution in [2.75, 3.05) is 12.3 Å². The van der Waals surface area contributed by atoms with Gasteiger partial charge in [0.1, 0.15) is 0 Å². The summed E-state index contributed by atoms with van der Waals surface area (Å²) in [5, 5.41) is 0.676. The minimum Gasteiger partial charge on any atom is -0.399 e. The predicted octanol–water partition coefficient (Wildman–Crippen LogP) is 3.09. The number of hydrogen-bond donors (Lipinski definition) is 2. The maximum Gasteiger partial charge on any atom is 0.0504 e. The van der Waals surface area contributed by atoms with Gasteiger partial charge in [0.05, 0.1) is 5.02 Å². The molecular weight excluding hydrogens is 232 g/mol. The molecule has 0 aromatic heterocycles. The van der Waals surface area contributed by atoms with Gasteiger partial charge in [-0.25, -0.2) is 0 Å². The lowest BCUT2D eigenvalue weighted by Gasteiger charge is -2.07. The highest BCUT2D eigenvalue weighted by Crippen LogP contribution is 2.29. The monoisotopic (exact) mass is 246 g/mol. The molecule has 0 atom stereocenters. The van der Waals surface area contributed by atoms with Crippen molar-refractivity contribution in [3.63, 3.8) is 0 Å². The summed E-state index contributed by atoms with van der Waals surface area (Å²) in [6, 6.07) is 13.8. The molecule has 2 aromatic carbocycles. The van der Waals surface area contributed by atoms with Crippen LogP contribution in [-0.2, 0) is 6.42 Å². The number of benzene rings is 2. The lowest BCUT2D eigenvalue weighted by Crippen LogP contribution is -2.02. The topological polar surface area (TPSA) is 52.0 Å². The van der Waals surface area contributed by atoms with Crippen molar-refractivity contribution in [3.8, 4) is 11.1 Å². The Labute approximate surface area is 106 Å². The van der Waals surface area contributed by atoms with Crippen molar-refractivity contribution < 1.29 is 0 Å². The molecular formula is C14H15ClN2. The van der Waals surface area contributed by atoms with Gasteiger partial charge < -0.3 is 11.5 Å². The molecule has 4 N–H and O–H groups in total. The Hall–Kier alpha value is -1.51. The van der Waals surface area contributed by atoms with Crippen molar-refractivity contribution in [3.05, 3.63) is 53.1 Å². The van der Waals surface area contributed by atoms with Crippen LogP contribution in [0.25, 0.3) is 11.1 Å². The van der Waals surface area contributed by atoms with Gasteiger partial charge in [-0.3, -0.25) is 0 Å². The van der Waals surface area contributed by atoms with Gasteiger partial charge in [0.25, 0.3) is 0 Å². The summed E-state index contributed by atoms with van der Waals surface area (Å²) < 4.78 is 0. The lowest BCUT2D eigenvalue weighted by molar-refractivity contribution is 0.969. The van der Waals surface area contributed by atoms with Crippen molar-refractivity contribution >= 4 is 17.3 Å². The van der Waals surface area contributed by atoms with Crippen LogP contribution < -0.4 is 11.5 Å². The Morgan fingerprint density at radius 1 is 1.06 bits per heavy atom. The van der Waals surface area contributed by atoms with Crippen LogP contribution in [0.15, 0.2) is 42.5 Å². The second-order valence-electron chi connectivity index (χ2n) is 3.98. The van der Waals surface area contributed by atoms with E-state index in [-0.39, 0.29) is 0 Å². The number of nitrogen functional groups attached to an aromatic ring is 1. The molecule has 0 fully saturated rings. The van der Waals surface area contributed by atoms with Crippen molar-refractivity contribution in [2.45, 2.75) is 6.42 Å². The van der Waals surface area contributed by atoms with E-state index < -0.39 is 0 Å². The SMILES string of the molecule is NCCc1cccc(-c2ccc(N)cc2Cl)c1. The molecule has 0 spiro atoms. The van der Waals surface area contributed by atoms with Crippen molar-refractivity contribution in [1.29, 1.82) is 0 Å². The Kier molecular flexibility index (Phi) is 3.67. The smallest absolute Gasteiger partial charge is 0.0504 e. The fraction of sp³-hybridized carbons (Fsp3) is 0.143. The zero-order chi connectivity index (χ0) is 12.3. The minimum absolute atomic E-state index is 0.652. The third-order valence-electron chi connectivity index (χ3n) is 2.66. The fourth-order valence-electron chi connectivity index (χ4n) is 1.83. The Morgan fingerprint density at radius 3 is 2.59 bits per heavy atom. The van der Waals surface area contributed by atoms with E-state index in [1.54, 1.807) is 6.07 Å². The number of rotatable bonds is 3. The first-order valence-electron chi connectivity index (χ1n) is 5.55. The van der Waals surface area contributed by atoms with E-state index in [2.05, 4.69) is 12.1 Å². The molecule has 88 valence electrons. The quantitative estimate of drug-likeness (QED) is 0.818. The van der Waals surface area contributed by atoms with Gasteiger partial charge in [-0.05, 0) is 36.2 Å². The van der Waals surface area contributed by atoms with Gasteiger partial charge in [0.2, 0.25) is 0 Å². The standard InChI is InChI=1S/C14H15ClN2/c15-14-9-12(17)4-5-13(14)11-3-1-2-10(8-11)6-7-16/h1-5,8-9H,6-7,16-17H2. The first kappa shape index (κ1) is 12.0. The zero-order valence-corrected chi connectivity index (χ0v) is 10.2. The van der Waals surface area contributed by atoms with Gasteiger partial charge >= 0.3 is 0 Å². The molecule has 0 aliphatic carbocycles. The molecule has 0 unspecified atom stereocenters. The Bertz CT molecular complexity index is 523. The van der Waals surface area contributed by atoms with Crippen LogP contribution in [0.1, 0.15) is 5.56 Å². The summed E-state index contributed by atoms with van der Waals surface area (Å²) in [5.41, 5.74) is 15.2. The number of hydrogen-bond acceptors (Lipinski definition) is 2. The normalized spacial score (nSPS) is 10.5. The molecule has 3 heteroatoms. The van der Waals surface area contributed by atoms with Crippen LogP contribution in [0.2, 0.25) is 5.02 Å². The molecule has 0 radical (unpaired) electrons. The summed E-state index contributed by atoms with van der Waals surface area (Å²) >= 11 is 6.19. The lowest BCUT2D eigenvalue weighted by atomic mass is 10.0. The molecule has 0 heterocycles. The zero-order valence-electron chi connectivity index (χ0n) is 9.49. The predicted molar refractivity (Wildman–Crippen MR) is 74.1 cm³/mol. The van der Waals surface area contributed by atoms with E-state index >= 15 is 0 Å². The first-order chi connectivity index (χ1) is 8.20. The van der Waals surface area contributed by atoms with E-state index in [1.165, 1.54) is 5.56 Å². The number of anilines is 1. The molecule has 0 aliphatic heterocycles. The average Bonchev–Trinajstić information content (AvgIpc) is 2.29. The van der Waals surface area contributed by atoms with Gasteiger partial charge in [-0.1, -0.05) is 41.9 Å². The maximum atomic E-state index is 6.19. The molecule has 0 bridgehead atoms. The molecule has 0 saturated carbocycles. The average molecular weight is 247 g/mol. The van der Waals surface area contributed by atoms with Crippen molar-refractivity contribution in [2.24, 2.45) is 5.73 Å². The summed E-state index contributed by atoms with van der Waals surface area (Å²) in [6.07, 6.45) is 0.875. The summed E-state index contributed by atoms with van der Waals surface area (Å²) in [4.78, 5) is 0. The summed E-state index contributed by atoms with van der Waals surface area (Å²) in [6.45, 7) is 0.652. The minimum atomic E-state index is 0.652. The molecule has 2 aromatic rings. The largest absolute Gasteiger partial charge is 0.399 e. The fourth-order valence-corrected chi connectivity index (χ4v) is 2.12. The van der Waals surface area contributed by atoms with E-state index in [4.69, 9.17) is 23.1 Å². The van der Waals surface area contributed by atoms with Crippen LogP contribution in [0.5, 0.6) is 0 Å². The third-order valence-corrected chi connectivity index (χ3v) is 2.98. The Balaban J connectivity index is 2.42. The summed E-state index contributed by atoms with van der Waals surface area (Å²) in [7, 11) is 0. The first-order valence-corrected chi connectivity index (χ1v) is 5.93. The highest BCUT2D eigenvalue weighted by molar-refractivity contribution is 6.33. The molecule has 0 amide bonds. The van der Waals surface area contributed by atoms with Crippen LogP contribution in [0.3, 0.4) is 0 Å². The molecule has 2 nitrogen and oxygen atoms in total. The Morgan fingerprint density at radius 2 is 1.88 bits per heavy atom. The van der Waals surface area contributed by atoms with Gasteiger partial charge in [-0.2, -0.15) is 0 Å². The van der Waals surface area contributed by atoms with Crippen molar-refractivity contribution in [1.82, 2.24) is 0 Å². The van der Waals surface area contributed by atoms with Crippen LogP contribution in [0, 0.1) is 0 Å². The second kappa shape index (κ2) is 5.21. The number of halogens is 1. The second-order valence-corrected chi connectivity index (χ2v) is 4.39. The van der Waals surface area contributed by atoms with Crippen LogP contribution in [-0.4, -0.2) is 6.54 Å². The van der Waals surface area contributed by atoms with E-state index in [0.717, 1.165) is 17.5 Å². The highest BCUT2D eigenvalue weighted by atomic mass is 35.5. The molecule has 2 rings (SSSR count). The van der Waals surface area contributed by atoms with E-state index in [1.807, 2.05) is 24.3 Å². The maximum absolute atomic E-state index is 6.19. The summed E-state index contributed by atoms with van der Waals surface area (Å²) in [5.74, 6) is 0. The molecule has 0 aliphatic rings. The van der Waals surface area contributed by atoms with Gasteiger partial charge in [0, 0.05) is 11.3 Å². The highest BCUT2D eigenvalue weighted by Gasteiger charge is 2.04. The van der Waals surface area contributed by atoms with Crippen LogP contribution >= 0.6 is 11.6 Å². The third kappa shape index (κ3) is 2.78.